The molecule has 1 fully saturated rings. The molecule has 0 heterocycles. The smallest absolute Gasteiger partial charge is 0.269 e. The number of nitro benzene ring substituents is 1. The van der Waals surface area contributed by atoms with Crippen molar-refractivity contribution < 1.29 is 14.5 Å². The molecule has 1 aromatic rings. The number of nitrogens with one attached hydrogen (secondary N) is 3. The Morgan fingerprint density at radius 2 is 1.79 bits per heavy atom. The quantitative estimate of drug-likeness (QED) is 0.434. The molecule has 1 aliphatic rings. The second kappa shape index (κ2) is 8.34. The number of carbonyl (C=O) groups is 2. The summed E-state index contributed by atoms with van der Waals surface area (Å²) >= 11 is 4.95. The minimum atomic E-state index is -0.547. The number of carbonyl (C=O) groups excluding carboxylic acids is 2. The van der Waals surface area contributed by atoms with Crippen LogP contribution in [-0.4, -0.2) is 21.9 Å². The van der Waals surface area contributed by atoms with Crippen molar-refractivity contribution in [2.75, 3.05) is 0 Å². The number of hydrogen-bond acceptors (Lipinski definition) is 5. The van der Waals surface area contributed by atoms with E-state index in [2.05, 4.69) is 16.2 Å². The van der Waals surface area contributed by atoms with Gasteiger partial charge in [-0.1, -0.05) is 12.8 Å². The zero-order valence-corrected chi connectivity index (χ0v) is 13.7. The van der Waals surface area contributed by atoms with Crippen LogP contribution in [0.2, 0.25) is 0 Å². The fraction of sp³-hybridized carbons (Fsp3) is 0.400. The van der Waals surface area contributed by atoms with Crippen molar-refractivity contribution in [2.24, 2.45) is 5.92 Å². The van der Waals surface area contributed by atoms with Crippen LogP contribution in [0, 0.1) is 16.0 Å². The molecular weight excluding hydrogens is 332 g/mol. The molecule has 24 heavy (non-hydrogen) atoms. The maximum atomic E-state index is 11.9. The summed E-state index contributed by atoms with van der Waals surface area (Å²) in [6.07, 6.45) is 4.87. The molecule has 1 aliphatic carbocycles. The second-order valence-corrected chi connectivity index (χ2v) is 6.02. The molecular formula is C15H18N4O4S. The van der Waals surface area contributed by atoms with Gasteiger partial charge in [0.25, 0.3) is 11.6 Å². The molecule has 0 aromatic heterocycles. The molecule has 0 radical (unpaired) electrons. The third kappa shape index (κ3) is 5.27. The highest BCUT2D eigenvalue weighted by Crippen LogP contribution is 2.27. The van der Waals surface area contributed by atoms with E-state index in [0.29, 0.717) is 12.3 Å². The Hall–Kier alpha value is -2.55. The normalized spacial score (nSPS) is 14.0. The molecule has 0 spiro atoms. The first kappa shape index (κ1) is 17.8. The third-order valence-electron chi connectivity index (χ3n) is 3.83. The number of nitrogens with zero attached hydrogens (tertiary/aromatic N) is 1. The van der Waals surface area contributed by atoms with E-state index in [1.807, 2.05) is 0 Å². The van der Waals surface area contributed by atoms with Crippen LogP contribution in [0.4, 0.5) is 5.69 Å². The lowest BCUT2D eigenvalue weighted by atomic mass is 10.0. The van der Waals surface area contributed by atoms with E-state index in [1.165, 1.54) is 24.3 Å². The van der Waals surface area contributed by atoms with Crippen LogP contribution in [0.5, 0.6) is 0 Å². The molecule has 0 bridgehead atoms. The largest absolute Gasteiger partial charge is 0.302 e. The summed E-state index contributed by atoms with van der Waals surface area (Å²) in [5.74, 6) is -0.288. The number of benzene rings is 1. The summed E-state index contributed by atoms with van der Waals surface area (Å²) in [4.78, 5) is 33.7. The fourth-order valence-corrected chi connectivity index (χ4v) is 2.77. The number of nitro groups is 1. The minimum Gasteiger partial charge on any atom is -0.302 e. The Morgan fingerprint density at radius 1 is 1.17 bits per heavy atom. The van der Waals surface area contributed by atoms with Gasteiger partial charge in [0.05, 0.1) is 4.92 Å². The average Bonchev–Trinajstić information content (AvgIpc) is 3.05. The number of non-ortho nitro benzene ring substituents is 1. The Labute approximate surface area is 144 Å². The van der Waals surface area contributed by atoms with Gasteiger partial charge in [-0.15, -0.1) is 0 Å². The molecule has 1 saturated carbocycles. The van der Waals surface area contributed by atoms with E-state index in [9.17, 15) is 19.7 Å². The fourth-order valence-electron chi connectivity index (χ4n) is 2.61. The third-order valence-corrected chi connectivity index (χ3v) is 4.04. The molecule has 0 aliphatic heterocycles. The number of thiocarbonyl (C=S) groups is 1. The van der Waals surface area contributed by atoms with Gasteiger partial charge in [0.1, 0.15) is 0 Å². The van der Waals surface area contributed by atoms with Crippen molar-refractivity contribution in [3.8, 4) is 0 Å². The molecule has 0 atom stereocenters. The molecule has 1 aromatic carbocycles. The van der Waals surface area contributed by atoms with Crippen LogP contribution in [0.15, 0.2) is 24.3 Å². The first-order valence-electron chi connectivity index (χ1n) is 7.60. The Morgan fingerprint density at radius 3 is 2.38 bits per heavy atom. The second-order valence-electron chi connectivity index (χ2n) is 5.62. The number of hydrogen-bond donors (Lipinski definition) is 3. The summed E-state index contributed by atoms with van der Waals surface area (Å²) in [5, 5.41) is 13.1. The molecule has 2 rings (SSSR count). The van der Waals surface area contributed by atoms with Gasteiger partial charge in [0, 0.05) is 24.1 Å². The average molecular weight is 350 g/mol. The predicted molar refractivity (Wildman–Crippen MR) is 91.0 cm³/mol. The Kier molecular flexibility index (Phi) is 6.19. The van der Waals surface area contributed by atoms with Crippen LogP contribution in [0.1, 0.15) is 42.5 Å². The van der Waals surface area contributed by atoms with Crippen molar-refractivity contribution in [1.82, 2.24) is 16.2 Å². The van der Waals surface area contributed by atoms with Gasteiger partial charge < -0.3 is 5.32 Å². The zero-order valence-electron chi connectivity index (χ0n) is 12.9. The van der Waals surface area contributed by atoms with E-state index in [-0.39, 0.29) is 22.3 Å². The maximum absolute atomic E-state index is 11.9. The van der Waals surface area contributed by atoms with Crippen molar-refractivity contribution in [3.05, 3.63) is 39.9 Å². The lowest BCUT2D eigenvalue weighted by Crippen LogP contribution is -2.48. The summed E-state index contributed by atoms with van der Waals surface area (Å²) in [6.45, 7) is 0. The number of rotatable bonds is 4. The Bertz CT molecular complexity index is 641. The molecule has 0 unspecified atom stereocenters. The zero-order chi connectivity index (χ0) is 17.5. The maximum Gasteiger partial charge on any atom is 0.269 e. The van der Waals surface area contributed by atoms with Gasteiger partial charge in [0.15, 0.2) is 5.11 Å². The van der Waals surface area contributed by atoms with Crippen molar-refractivity contribution in [3.63, 3.8) is 0 Å². The molecule has 128 valence electrons. The summed E-state index contributed by atoms with van der Waals surface area (Å²) in [5.41, 5.74) is 4.90. The summed E-state index contributed by atoms with van der Waals surface area (Å²) in [6, 6.07) is 5.13. The molecule has 2 amide bonds. The van der Waals surface area contributed by atoms with Crippen LogP contribution >= 0.6 is 12.2 Å². The first-order valence-corrected chi connectivity index (χ1v) is 8.01. The van der Waals surface area contributed by atoms with Gasteiger partial charge in [0.2, 0.25) is 5.91 Å². The van der Waals surface area contributed by atoms with Gasteiger partial charge in [-0.25, -0.2) is 0 Å². The van der Waals surface area contributed by atoms with E-state index < -0.39 is 10.8 Å². The predicted octanol–water partition coefficient (Wildman–Crippen LogP) is 1.81. The molecule has 0 saturated heterocycles. The topological polar surface area (TPSA) is 113 Å². The van der Waals surface area contributed by atoms with Crippen molar-refractivity contribution >= 4 is 34.8 Å². The van der Waals surface area contributed by atoms with Gasteiger partial charge in [-0.05, 0) is 43.1 Å². The highest BCUT2D eigenvalue weighted by molar-refractivity contribution is 7.80. The molecule has 9 heteroatoms. The van der Waals surface area contributed by atoms with Crippen LogP contribution in [0.25, 0.3) is 0 Å². The van der Waals surface area contributed by atoms with Gasteiger partial charge in [-0.2, -0.15) is 0 Å². The van der Waals surface area contributed by atoms with E-state index >= 15 is 0 Å². The number of amides is 2. The van der Waals surface area contributed by atoms with Crippen LogP contribution in [0.3, 0.4) is 0 Å². The van der Waals surface area contributed by atoms with Crippen LogP contribution < -0.4 is 16.2 Å². The number of hydrazine groups is 1. The van der Waals surface area contributed by atoms with E-state index in [0.717, 1.165) is 25.7 Å². The summed E-state index contributed by atoms with van der Waals surface area (Å²) < 4.78 is 0. The van der Waals surface area contributed by atoms with Crippen molar-refractivity contribution in [2.45, 2.75) is 32.1 Å². The molecule has 3 N–H and O–H groups in total. The minimum absolute atomic E-state index is 0.00765. The SMILES string of the molecule is O=C(CC1CCCC1)NC(=S)NNC(=O)c1ccc([N+](=O)[O-])cc1. The molecule has 8 nitrogen and oxygen atoms in total. The lowest BCUT2D eigenvalue weighted by Gasteiger charge is -2.12. The van der Waals surface area contributed by atoms with Gasteiger partial charge in [-0.3, -0.25) is 30.6 Å². The highest BCUT2D eigenvalue weighted by atomic mass is 32.1. The van der Waals surface area contributed by atoms with Gasteiger partial charge >= 0.3 is 0 Å². The Balaban J connectivity index is 1.75. The highest BCUT2D eigenvalue weighted by Gasteiger charge is 2.19. The lowest BCUT2D eigenvalue weighted by molar-refractivity contribution is -0.384. The first-order chi connectivity index (χ1) is 11.5. The van der Waals surface area contributed by atoms with Crippen molar-refractivity contribution in [1.29, 1.82) is 0 Å². The van der Waals surface area contributed by atoms with E-state index in [1.54, 1.807) is 0 Å². The van der Waals surface area contributed by atoms with E-state index in [4.69, 9.17) is 12.2 Å². The standard InChI is InChI=1S/C15H18N4O4S/c20-13(9-10-3-1-2-4-10)16-15(24)18-17-14(21)11-5-7-12(8-6-11)19(22)23/h5-8,10H,1-4,9H2,(H,17,21)(H2,16,18,20,24). The summed E-state index contributed by atoms with van der Waals surface area (Å²) in [7, 11) is 0. The monoisotopic (exact) mass is 350 g/mol. The van der Waals surface area contributed by atoms with Crippen LogP contribution in [-0.2, 0) is 4.79 Å².